The van der Waals surface area contributed by atoms with Gasteiger partial charge < -0.3 is 15.3 Å². The van der Waals surface area contributed by atoms with E-state index in [-0.39, 0.29) is 25.1 Å². The van der Waals surface area contributed by atoms with Crippen LogP contribution in [-0.2, 0) is 24.3 Å². The van der Waals surface area contributed by atoms with Crippen molar-refractivity contribution in [3.63, 3.8) is 0 Å². The van der Waals surface area contributed by atoms with E-state index < -0.39 is 17.9 Å². The average Bonchev–Trinajstić information content (AvgIpc) is 2.57. The summed E-state index contributed by atoms with van der Waals surface area (Å²) in [5.74, 6) is -2.69. The van der Waals surface area contributed by atoms with Crippen LogP contribution in [0.4, 0.5) is 0 Å². The SMILES string of the molecule is C=C(C)C(=O)O.O=C(O)c1ccccc1.O=C(O)c1ccccc1.[Zn]. The monoisotopic (exact) mass is 394 g/mol. The van der Waals surface area contributed by atoms with Crippen molar-refractivity contribution < 1.29 is 49.2 Å². The molecule has 0 atom stereocenters. The molecule has 3 N–H and O–H groups in total. The molecule has 0 aliphatic carbocycles. The largest absolute Gasteiger partial charge is 0.478 e. The van der Waals surface area contributed by atoms with Crippen LogP contribution in [-0.4, -0.2) is 33.2 Å². The summed E-state index contributed by atoms with van der Waals surface area (Å²) in [6, 6.07) is 16.6. The van der Waals surface area contributed by atoms with Gasteiger partial charge in [-0.25, -0.2) is 14.4 Å². The van der Waals surface area contributed by atoms with Gasteiger partial charge in [-0.15, -0.1) is 0 Å². The maximum Gasteiger partial charge on any atom is 0.335 e. The first kappa shape index (κ1) is 24.5. The van der Waals surface area contributed by atoms with Gasteiger partial charge in [0, 0.05) is 25.1 Å². The van der Waals surface area contributed by atoms with E-state index in [1.807, 2.05) is 0 Å². The molecule has 2 aromatic carbocycles. The first-order valence-corrected chi connectivity index (χ1v) is 6.71. The Hall–Kier alpha value is -2.79. The van der Waals surface area contributed by atoms with Crippen LogP contribution in [0.2, 0.25) is 0 Å². The van der Waals surface area contributed by atoms with E-state index in [0.717, 1.165) is 0 Å². The van der Waals surface area contributed by atoms with Gasteiger partial charge in [0.05, 0.1) is 11.1 Å². The number of rotatable bonds is 3. The van der Waals surface area contributed by atoms with Gasteiger partial charge in [-0.1, -0.05) is 43.0 Å². The predicted molar refractivity (Wildman–Crippen MR) is 89.3 cm³/mol. The van der Waals surface area contributed by atoms with Crippen molar-refractivity contribution in [1.29, 1.82) is 0 Å². The van der Waals surface area contributed by atoms with Crippen molar-refractivity contribution in [2.24, 2.45) is 0 Å². The van der Waals surface area contributed by atoms with E-state index in [2.05, 4.69) is 6.58 Å². The fourth-order valence-corrected chi connectivity index (χ4v) is 1.16. The molecule has 6 nitrogen and oxygen atoms in total. The number of benzene rings is 2. The normalized spacial score (nSPS) is 8.20. The fourth-order valence-electron chi connectivity index (χ4n) is 1.16. The molecule has 0 saturated carbocycles. The quantitative estimate of drug-likeness (QED) is 0.542. The number of hydrogen-bond donors (Lipinski definition) is 3. The summed E-state index contributed by atoms with van der Waals surface area (Å²) >= 11 is 0. The third kappa shape index (κ3) is 12.3. The number of aliphatic carboxylic acids is 1. The molecule has 25 heavy (non-hydrogen) atoms. The third-order valence-corrected chi connectivity index (χ3v) is 2.41. The van der Waals surface area contributed by atoms with Gasteiger partial charge >= 0.3 is 17.9 Å². The number of carboxylic acids is 3. The van der Waals surface area contributed by atoms with Crippen LogP contribution in [0.5, 0.6) is 0 Å². The summed E-state index contributed by atoms with van der Waals surface area (Å²) in [7, 11) is 0. The summed E-state index contributed by atoms with van der Waals surface area (Å²) in [6.07, 6.45) is 0. The molecule has 0 fully saturated rings. The van der Waals surface area contributed by atoms with E-state index in [1.54, 1.807) is 60.7 Å². The number of carboxylic acid groups (broad SMARTS) is 3. The zero-order valence-electron chi connectivity index (χ0n) is 13.8. The number of aromatic carboxylic acids is 2. The van der Waals surface area contributed by atoms with Gasteiger partial charge in [-0.2, -0.15) is 0 Å². The standard InChI is InChI=1S/2C7H6O2.C4H6O2.Zn/c2*8-7(9)6-4-2-1-3-5-6;1-3(2)4(5)6;/h2*1-5H,(H,8,9);1H2,2H3,(H,5,6);. The molecule has 0 aliphatic rings. The van der Waals surface area contributed by atoms with Gasteiger partial charge in [-0.3, -0.25) is 0 Å². The molecule has 0 saturated heterocycles. The van der Waals surface area contributed by atoms with Crippen molar-refractivity contribution in [3.05, 3.63) is 83.9 Å². The Kier molecular flexibility index (Phi) is 13.3. The maximum atomic E-state index is 10.2. The minimum Gasteiger partial charge on any atom is -0.478 e. The van der Waals surface area contributed by atoms with Gasteiger partial charge in [0.15, 0.2) is 0 Å². The van der Waals surface area contributed by atoms with Gasteiger partial charge in [0.2, 0.25) is 0 Å². The summed E-state index contributed by atoms with van der Waals surface area (Å²) < 4.78 is 0. The Morgan fingerprint density at radius 2 is 0.960 bits per heavy atom. The minimum absolute atomic E-state index is 0. The van der Waals surface area contributed by atoms with E-state index in [9.17, 15) is 14.4 Å². The Labute approximate surface area is 158 Å². The van der Waals surface area contributed by atoms with Gasteiger partial charge in [-0.05, 0) is 31.2 Å². The van der Waals surface area contributed by atoms with Crippen LogP contribution in [0.15, 0.2) is 72.8 Å². The second-order valence-corrected chi connectivity index (χ2v) is 4.43. The Bertz CT molecular complexity index is 622. The van der Waals surface area contributed by atoms with Crippen molar-refractivity contribution in [1.82, 2.24) is 0 Å². The third-order valence-electron chi connectivity index (χ3n) is 2.41. The molecule has 128 valence electrons. The summed E-state index contributed by atoms with van der Waals surface area (Å²) in [5, 5.41) is 24.7. The van der Waals surface area contributed by atoms with E-state index >= 15 is 0 Å². The second-order valence-electron chi connectivity index (χ2n) is 4.43. The van der Waals surface area contributed by atoms with Crippen LogP contribution in [0.1, 0.15) is 27.6 Å². The number of hydrogen-bond acceptors (Lipinski definition) is 3. The van der Waals surface area contributed by atoms with Crippen molar-refractivity contribution in [3.8, 4) is 0 Å². The fraction of sp³-hybridized carbons (Fsp3) is 0.0556. The first-order valence-electron chi connectivity index (χ1n) is 6.71. The van der Waals surface area contributed by atoms with Crippen LogP contribution in [0, 0.1) is 0 Å². The maximum absolute atomic E-state index is 10.2. The molecule has 0 aliphatic heterocycles. The molecule has 0 spiro atoms. The zero-order chi connectivity index (χ0) is 18.5. The van der Waals surface area contributed by atoms with Crippen molar-refractivity contribution in [2.75, 3.05) is 0 Å². The molecule has 0 bridgehead atoms. The van der Waals surface area contributed by atoms with E-state index in [0.29, 0.717) is 11.1 Å². The first-order chi connectivity index (χ1) is 11.3. The molecule has 2 rings (SSSR count). The molecule has 0 aromatic heterocycles. The number of carbonyl (C=O) groups is 3. The molecule has 0 unspecified atom stereocenters. The molecule has 0 amide bonds. The van der Waals surface area contributed by atoms with Gasteiger partial charge in [0.1, 0.15) is 0 Å². The van der Waals surface area contributed by atoms with Crippen LogP contribution in [0.25, 0.3) is 0 Å². The average molecular weight is 396 g/mol. The van der Waals surface area contributed by atoms with Crippen LogP contribution in [0.3, 0.4) is 0 Å². The molecular formula is C18H18O6Zn. The minimum atomic E-state index is -0.935. The van der Waals surface area contributed by atoms with Crippen molar-refractivity contribution in [2.45, 2.75) is 6.92 Å². The topological polar surface area (TPSA) is 112 Å². The summed E-state index contributed by atoms with van der Waals surface area (Å²) in [4.78, 5) is 30.0. The molecule has 2 aromatic rings. The molecule has 0 radical (unpaired) electrons. The van der Waals surface area contributed by atoms with Gasteiger partial charge in [0.25, 0.3) is 0 Å². The van der Waals surface area contributed by atoms with Crippen LogP contribution >= 0.6 is 0 Å². The molecular weight excluding hydrogens is 378 g/mol. The summed E-state index contributed by atoms with van der Waals surface area (Å²) in [6.45, 7) is 4.60. The second kappa shape index (κ2) is 13.6. The van der Waals surface area contributed by atoms with Crippen molar-refractivity contribution >= 4 is 17.9 Å². The smallest absolute Gasteiger partial charge is 0.335 e. The van der Waals surface area contributed by atoms with Crippen LogP contribution < -0.4 is 0 Å². The van der Waals surface area contributed by atoms with E-state index in [1.165, 1.54) is 6.92 Å². The molecule has 0 heterocycles. The summed E-state index contributed by atoms with van der Waals surface area (Å²) in [5.41, 5.74) is 0.838. The Morgan fingerprint density at radius 1 is 0.720 bits per heavy atom. The Balaban J connectivity index is 0. The molecule has 7 heteroatoms. The predicted octanol–water partition coefficient (Wildman–Crippen LogP) is 3.41. The Morgan fingerprint density at radius 3 is 1.08 bits per heavy atom. The van der Waals surface area contributed by atoms with E-state index in [4.69, 9.17) is 15.3 Å². The zero-order valence-corrected chi connectivity index (χ0v) is 16.7.